The van der Waals surface area contributed by atoms with Gasteiger partial charge in [0.2, 0.25) is 0 Å². The second kappa shape index (κ2) is 7.62. The predicted octanol–water partition coefficient (Wildman–Crippen LogP) is 4.46. The van der Waals surface area contributed by atoms with Crippen molar-refractivity contribution < 1.29 is 13.6 Å². The average Bonchev–Trinajstić information content (AvgIpc) is 3.30. The fraction of sp³-hybridized carbons (Fsp3) is 0.375. The summed E-state index contributed by atoms with van der Waals surface area (Å²) in [6.45, 7) is 9.69. The minimum atomic E-state index is -0.764. The molecule has 4 rings (SSSR count). The smallest absolute Gasteiger partial charge is 0.254 e. The van der Waals surface area contributed by atoms with Gasteiger partial charge in [0.25, 0.3) is 16.8 Å². The summed E-state index contributed by atoms with van der Waals surface area (Å²) in [5, 5.41) is 8.63. The molecule has 0 aliphatic carbocycles. The van der Waals surface area contributed by atoms with E-state index in [1.54, 1.807) is 13.0 Å². The number of carbonyl (C=O) groups excluding carboxylic acids is 1. The maximum atomic E-state index is 14.7. The van der Waals surface area contributed by atoms with E-state index in [9.17, 15) is 18.8 Å². The van der Waals surface area contributed by atoms with Crippen molar-refractivity contribution in [2.75, 3.05) is 10.6 Å². The van der Waals surface area contributed by atoms with Crippen molar-refractivity contribution in [2.45, 2.75) is 53.1 Å². The summed E-state index contributed by atoms with van der Waals surface area (Å²) in [5.74, 6) is 0.246. The first kappa shape index (κ1) is 21.8. The molecule has 0 fully saturated rings. The molecule has 32 heavy (non-hydrogen) atoms. The molecule has 0 bridgehead atoms. The van der Waals surface area contributed by atoms with Crippen molar-refractivity contribution in [1.82, 2.24) is 5.32 Å². The first-order chi connectivity index (χ1) is 15.0. The van der Waals surface area contributed by atoms with Gasteiger partial charge in [0.15, 0.2) is 0 Å². The van der Waals surface area contributed by atoms with Gasteiger partial charge in [0, 0.05) is 0 Å². The Morgan fingerprint density at radius 2 is 1.78 bits per heavy atom. The first-order valence-corrected chi connectivity index (χ1v) is 10.6. The van der Waals surface area contributed by atoms with Crippen LogP contribution in [0.4, 0.5) is 21.5 Å². The summed E-state index contributed by atoms with van der Waals surface area (Å²) in [6, 6.07) is 5.77. The van der Waals surface area contributed by atoms with E-state index in [4.69, 9.17) is 4.42 Å². The molecular formula is C24H26FN3O4. The van der Waals surface area contributed by atoms with Gasteiger partial charge in [-0.1, -0.05) is 26.8 Å². The third-order valence-corrected chi connectivity index (χ3v) is 6.42. The average molecular weight is 439 g/mol. The highest BCUT2D eigenvalue weighted by Gasteiger charge is 2.36. The van der Waals surface area contributed by atoms with Crippen LogP contribution in [0.1, 0.15) is 73.6 Å². The van der Waals surface area contributed by atoms with E-state index in [1.165, 1.54) is 6.07 Å². The van der Waals surface area contributed by atoms with Crippen molar-refractivity contribution in [3.05, 3.63) is 73.2 Å². The number of nitrogens with one attached hydrogen (secondary N) is 3. The van der Waals surface area contributed by atoms with Crippen molar-refractivity contribution in [1.29, 1.82) is 0 Å². The number of fused-ring (bicyclic) bond motifs is 1. The zero-order valence-electron chi connectivity index (χ0n) is 18.7. The van der Waals surface area contributed by atoms with Gasteiger partial charge in [-0.15, -0.1) is 0 Å². The molecule has 1 aromatic heterocycles. The van der Waals surface area contributed by atoms with Crippen LogP contribution < -0.4 is 26.8 Å². The number of anilines is 3. The number of hydrogen-bond donors (Lipinski definition) is 3. The van der Waals surface area contributed by atoms with E-state index in [0.717, 1.165) is 12.2 Å². The van der Waals surface area contributed by atoms with Crippen molar-refractivity contribution in [2.24, 2.45) is 5.41 Å². The molecule has 2 aromatic carbocycles. The molecule has 1 aliphatic heterocycles. The van der Waals surface area contributed by atoms with Gasteiger partial charge in [-0.2, -0.15) is 0 Å². The predicted molar refractivity (Wildman–Crippen MR) is 121 cm³/mol. The molecule has 0 saturated heterocycles. The first-order valence-electron chi connectivity index (χ1n) is 10.6. The number of benzene rings is 1. The molecule has 7 nitrogen and oxygen atoms in total. The lowest BCUT2D eigenvalue weighted by Gasteiger charge is -2.34. The Morgan fingerprint density at radius 3 is 2.41 bits per heavy atom. The van der Waals surface area contributed by atoms with Gasteiger partial charge < -0.3 is 20.4 Å². The molecule has 168 valence electrons. The summed E-state index contributed by atoms with van der Waals surface area (Å²) < 4.78 is 20.5. The fourth-order valence-corrected chi connectivity index (χ4v) is 4.05. The zero-order valence-corrected chi connectivity index (χ0v) is 18.7. The maximum Gasteiger partial charge on any atom is 0.254 e. The number of hydrogen-bond acceptors (Lipinski definition) is 6. The molecule has 1 amide bonds. The molecule has 3 aromatic rings. The molecule has 0 radical (unpaired) electrons. The van der Waals surface area contributed by atoms with Crippen LogP contribution >= 0.6 is 0 Å². The van der Waals surface area contributed by atoms with Crippen LogP contribution in [0.2, 0.25) is 0 Å². The van der Waals surface area contributed by atoms with Gasteiger partial charge in [0.1, 0.15) is 28.7 Å². The Kier molecular flexibility index (Phi) is 5.19. The molecule has 3 N–H and O–H groups in total. The highest BCUT2D eigenvalue weighted by molar-refractivity contribution is 6.05. The fourth-order valence-electron chi connectivity index (χ4n) is 4.05. The van der Waals surface area contributed by atoms with E-state index in [0.29, 0.717) is 11.3 Å². The van der Waals surface area contributed by atoms with Crippen LogP contribution in [0, 0.1) is 18.2 Å². The topological polar surface area (TPSA) is 100 Å². The van der Waals surface area contributed by atoms with Crippen LogP contribution in [-0.2, 0) is 0 Å². The van der Waals surface area contributed by atoms with Crippen LogP contribution in [0.3, 0.4) is 0 Å². The van der Waals surface area contributed by atoms with Gasteiger partial charge in [-0.05, 0) is 49.4 Å². The van der Waals surface area contributed by atoms with Crippen LogP contribution in [-0.4, -0.2) is 5.91 Å². The van der Waals surface area contributed by atoms with E-state index < -0.39 is 28.6 Å². The Balaban J connectivity index is 1.74. The molecule has 2 heterocycles. The van der Waals surface area contributed by atoms with Crippen LogP contribution in [0.5, 0.6) is 0 Å². The number of aryl methyl sites for hydroxylation is 1. The van der Waals surface area contributed by atoms with E-state index in [1.807, 2.05) is 39.8 Å². The van der Waals surface area contributed by atoms with E-state index in [2.05, 4.69) is 16.0 Å². The lowest BCUT2D eigenvalue weighted by atomic mass is 9.80. The second-order valence-corrected chi connectivity index (χ2v) is 8.98. The Bertz CT molecular complexity index is 1280. The monoisotopic (exact) mass is 439 g/mol. The Hall–Kier alpha value is -3.42. The normalized spacial score (nSPS) is 16.7. The standard InChI is InChI=1S/C24H26FN3O4/c1-6-24(4,5)22(15-10-7-11(2)32-15)28-19-18(20(29)21(19)30)27-17-14(25)9-8-13-12(3)26-23(31)16(13)17/h7-10,12,22,27-28H,6H2,1-5H3,(H,26,31)/t12-,22?/m0/s1. The van der Waals surface area contributed by atoms with Crippen molar-refractivity contribution in [3.63, 3.8) is 0 Å². The lowest BCUT2D eigenvalue weighted by molar-refractivity contribution is 0.0959. The Labute approximate surface area is 184 Å². The van der Waals surface area contributed by atoms with Gasteiger partial charge in [0.05, 0.1) is 23.3 Å². The second-order valence-electron chi connectivity index (χ2n) is 8.98. The highest BCUT2D eigenvalue weighted by Crippen LogP contribution is 2.41. The number of halogens is 1. The minimum absolute atomic E-state index is 0.0547. The Morgan fingerprint density at radius 1 is 1.09 bits per heavy atom. The van der Waals surface area contributed by atoms with Gasteiger partial charge in [-0.3, -0.25) is 14.4 Å². The summed E-state index contributed by atoms with van der Waals surface area (Å²) in [7, 11) is 0. The third-order valence-electron chi connectivity index (χ3n) is 6.42. The van der Waals surface area contributed by atoms with Gasteiger partial charge in [-0.25, -0.2) is 4.39 Å². The minimum Gasteiger partial charge on any atom is -0.464 e. The van der Waals surface area contributed by atoms with E-state index in [-0.39, 0.29) is 34.1 Å². The number of rotatable bonds is 7. The number of carbonyl (C=O) groups is 1. The van der Waals surface area contributed by atoms with E-state index >= 15 is 0 Å². The largest absolute Gasteiger partial charge is 0.464 e. The number of furan rings is 1. The molecule has 1 aliphatic rings. The molecule has 1 unspecified atom stereocenters. The molecule has 0 saturated carbocycles. The third kappa shape index (κ3) is 3.39. The summed E-state index contributed by atoms with van der Waals surface area (Å²) in [5.41, 5.74) is -1.13. The van der Waals surface area contributed by atoms with Gasteiger partial charge >= 0.3 is 0 Å². The van der Waals surface area contributed by atoms with Crippen LogP contribution in [0.15, 0.2) is 38.3 Å². The SMILES string of the molecule is CCC(C)(C)C(Nc1c(Nc2c(F)ccc3c2C(=O)N[C@H]3C)c(=O)c1=O)c1ccc(C)o1. The quantitative estimate of drug-likeness (QED) is 0.470. The van der Waals surface area contributed by atoms with Crippen LogP contribution in [0.25, 0.3) is 0 Å². The summed E-state index contributed by atoms with van der Waals surface area (Å²) in [4.78, 5) is 37.3. The maximum absolute atomic E-state index is 14.7. The molecule has 0 spiro atoms. The molecule has 8 heteroatoms. The van der Waals surface area contributed by atoms with Crippen molar-refractivity contribution in [3.8, 4) is 0 Å². The lowest BCUT2D eigenvalue weighted by Crippen LogP contribution is -2.40. The highest BCUT2D eigenvalue weighted by atomic mass is 19.1. The summed E-state index contributed by atoms with van der Waals surface area (Å²) >= 11 is 0. The zero-order chi connectivity index (χ0) is 23.4. The molecular weight excluding hydrogens is 413 g/mol. The molecule has 2 atom stereocenters. The number of amides is 1. The summed E-state index contributed by atoms with van der Waals surface area (Å²) in [6.07, 6.45) is 0.765. The van der Waals surface area contributed by atoms with Crippen molar-refractivity contribution >= 4 is 23.0 Å².